The largest absolute Gasteiger partial charge is 0.471 e. The zero-order chi connectivity index (χ0) is 18.3. The Labute approximate surface area is 143 Å². The molecule has 25 heavy (non-hydrogen) atoms. The molecule has 1 atom stereocenters. The van der Waals surface area contributed by atoms with E-state index in [2.05, 4.69) is 5.32 Å². The summed E-state index contributed by atoms with van der Waals surface area (Å²) >= 11 is 0. The highest BCUT2D eigenvalue weighted by molar-refractivity contribution is 5.83. The highest BCUT2D eigenvalue weighted by Gasteiger charge is 2.40. The predicted molar refractivity (Wildman–Crippen MR) is 86.3 cm³/mol. The van der Waals surface area contributed by atoms with E-state index in [1.807, 2.05) is 35.6 Å². The molecule has 0 saturated heterocycles. The zero-order valence-electron chi connectivity index (χ0n) is 13.2. The molecule has 7 heteroatoms. The summed E-state index contributed by atoms with van der Waals surface area (Å²) in [5, 5.41) is 4.52. The van der Waals surface area contributed by atoms with E-state index in [9.17, 15) is 22.8 Å². The normalized spacial score (nSPS) is 12.3. The van der Waals surface area contributed by atoms with Crippen molar-refractivity contribution in [1.29, 1.82) is 0 Å². The monoisotopic (exact) mass is 350 g/mol. The molecule has 0 radical (unpaired) electrons. The molecular weight excluding hydrogens is 333 g/mol. The minimum atomic E-state index is -5.01. The number of amides is 2. The first-order chi connectivity index (χ1) is 11.9. The van der Waals surface area contributed by atoms with Crippen molar-refractivity contribution in [2.24, 2.45) is 0 Å². The van der Waals surface area contributed by atoms with Crippen LogP contribution in [0.5, 0.6) is 0 Å². The van der Waals surface area contributed by atoms with Gasteiger partial charge in [-0.3, -0.25) is 9.59 Å². The molecule has 2 amide bonds. The Bertz CT molecular complexity index is 703. The van der Waals surface area contributed by atoms with Gasteiger partial charge in [0, 0.05) is 6.54 Å². The molecule has 0 aliphatic rings. The predicted octanol–water partition coefficient (Wildman–Crippen LogP) is 3.11. The molecule has 2 rings (SSSR count). The maximum Gasteiger partial charge on any atom is 0.471 e. The van der Waals surface area contributed by atoms with Gasteiger partial charge < -0.3 is 10.6 Å². The summed E-state index contributed by atoms with van der Waals surface area (Å²) in [6, 6.07) is 16.1. The summed E-state index contributed by atoms with van der Waals surface area (Å²) in [5.74, 6) is -2.53. The molecule has 0 unspecified atom stereocenters. The van der Waals surface area contributed by atoms with Crippen LogP contribution in [0.1, 0.15) is 23.6 Å². The molecule has 0 bridgehead atoms. The average molecular weight is 350 g/mol. The number of carbonyl (C=O) groups is 2. The van der Waals surface area contributed by atoms with E-state index in [1.54, 1.807) is 30.3 Å². The number of hydrogen-bond acceptors (Lipinski definition) is 2. The number of halogens is 3. The fourth-order valence-electron chi connectivity index (χ4n) is 2.23. The van der Waals surface area contributed by atoms with E-state index in [0.717, 1.165) is 5.56 Å². The van der Waals surface area contributed by atoms with Crippen LogP contribution in [0.3, 0.4) is 0 Å². The lowest BCUT2D eigenvalue weighted by atomic mass is 10.0. The maximum atomic E-state index is 12.5. The van der Waals surface area contributed by atoms with Gasteiger partial charge in [-0.15, -0.1) is 0 Å². The summed E-state index contributed by atoms with van der Waals surface area (Å²) < 4.78 is 37.6. The minimum Gasteiger partial charge on any atom is -0.352 e. The molecule has 0 aliphatic carbocycles. The Kier molecular flexibility index (Phi) is 6.16. The van der Waals surface area contributed by atoms with Crippen LogP contribution in [0.15, 0.2) is 60.7 Å². The number of benzene rings is 2. The first kappa shape index (κ1) is 18.5. The van der Waals surface area contributed by atoms with Crippen LogP contribution in [-0.2, 0) is 16.1 Å². The zero-order valence-corrected chi connectivity index (χ0v) is 13.2. The van der Waals surface area contributed by atoms with Gasteiger partial charge in [0.25, 0.3) is 0 Å². The van der Waals surface area contributed by atoms with Crippen LogP contribution in [0.25, 0.3) is 0 Å². The van der Waals surface area contributed by atoms with E-state index in [0.29, 0.717) is 5.56 Å². The summed E-state index contributed by atoms with van der Waals surface area (Å²) in [6.07, 6.45) is -5.30. The Balaban J connectivity index is 2.02. The van der Waals surface area contributed by atoms with Gasteiger partial charge in [-0.1, -0.05) is 60.7 Å². The second kappa shape index (κ2) is 8.32. The molecule has 0 spiro atoms. The van der Waals surface area contributed by atoms with E-state index < -0.39 is 24.0 Å². The van der Waals surface area contributed by atoms with Crippen molar-refractivity contribution in [1.82, 2.24) is 10.6 Å². The van der Waals surface area contributed by atoms with Gasteiger partial charge >= 0.3 is 12.1 Å². The fourth-order valence-corrected chi connectivity index (χ4v) is 2.23. The van der Waals surface area contributed by atoms with Gasteiger partial charge in [0.15, 0.2) is 0 Å². The van der Waals surface area contributed by atoms with E-state index >= 15 is 0 Å². The van der Waals surface area contributed by atoms with E-state index in [1.165, 1.54) is 0 Å². The molecule has 0 fully saturated rings. The Morgan fingerprint density at radius 2 is 1.48 bits per heavy atom. The average Bonchev–Trinajstić information content (AvgIpc) is 2.60. The molecule has 0 saturated carbocycles. The van der Waals surface area contributed by atoms with Crippen LogP contribution in [0, 0.1) is 0 Å². The van der Waals surface area contributed by atoms with Gasteiger partial charge in [-0.2, -0.15) is 13.2 Å². The first-order valence-electron chi connectivity index (χ1n) is 7.59. The fraction of sp³-hybridized carbons (Fsp3) is 0.222. The number of hydrogen-bond donors (Lipinski definition) is 2. The highest BCUT2D eigenvalue weighted by Crippen LogP contribution is 2.21. The van der Waals surface area contributed by atoms with Crippen LogP contribution in [-0.4, -0.2) is 18.0 Å². The molecule has 2 N–H and O–H groups in total. The van der Waals surface area contributed by atoms with Crippen molar-refractivity contribution in [3.8, 4) is 0 Å². The Morgan fingerprint density at radius 3 is 2.04 bits per heavy atom. The molecule has 0 heterocycles. The van der Waals surface area contributed by atoms with E-state index in [-0.39, 0.29) is 13.0 Å². The second-order valence-electron chi connectivity index (χ2n) is 5.40. The van der Waals surface area contributed by atoms with Crippen molar-refractivity contribution in [3.05, 3.63) is 71.8 Å². The standard InChI is InChI=1S/C18H17F3N2O2/c19-18(20,21)17(25)23-15(14-9-5-2-6-10-14)11-16(24)22-12-13-7-3-1-4-8-13/h1-10,15H,11-12H2,(H,22,24)(H,23,25)/t15-/m0/s1. The molecule has 0 aromatic heterocycles. The van der Waals surface area contributed by atoms with Crippen LogP contribution in [0.2, 0.25) is 0 Å². The first-order valence-corrected chi connectivity index (χ1v) is 7.59. The lowest BCUT2D eigenvalue weighted by Crippen LogP contribution is -2.40. The van der Waals surface area contributed by atoms with Crippen molar-refractivity contribution >= 4 is 11.8 Å². The van der Waals surface area contributed by atoms with Gasteiger partial charge in [0.1, 0.15) is 0 Å². The molecule has 2 aromatic rings. The Morgan fingerprint density at radius 1 is 0.920 bits per heavy atom. The molecule has 4 nitrogen and oxygen atoms in total. The highest BCUT2D eigenvalue weighted by atomic mass is 19.4. The summed E-state index contributed by atoms with van der Waals surface area (Å²) in [7, 11) is 0. The third kappa shape index (κ3) is 5.95. The second-order valence-corrected chi connectivity index (χ2v) is 5.40. The maximum absolute atomic E-state index is 12.5. The summed E-state index contributed by atoms with van der Waals surface area (Å²) in [6.45, 7) is 0.258. The lowest BCUT2D eigenvalue weighted by molar-refractivity contribution is -0.174. The van der Waals surface area contributed by atoms with Crippen LogP contribution in [0.4, 0.5) is 13.2 Å². The van der Waals surface area contributed by atoms with Crippen molar-refractivity contribution < 1.29 is 22.8 Å². The summed E-state index contributed by atoms with van der Waals surface area (Å²) in [5.41, 5.74) is 1.29. The minimum absolute atomic E-state index is 0.258. The quantitative estimate of drug-likeness (QED) is 0.841. The number of rotatable bonds is 6. The van der Waals surface area contributed by atoms with Crippen LogP contribution < -0.4 is 10.6 Å². The van der Waals surface area contributed by atoms with Crippen molar-refractivity contribution in [2.75, 3.05) is 0 Å². The molecular formula is C18H17F3N2O2. The summed E-state index contributed by atoms with van der Waals surface area (Å²) in [4.78, 5) is 23.3. The number of nitrogens with one attached hydrogen (secondary N) is 2. The third-order valence-electron chi connectivity index (χ3n) is 3.49. The molecule has 0 aliphatic heterocycles. The van der Waals surface area contributed by atoms with E-state index in [4.69, 9.17) is 0 Å². The van der Waals surface area contributed by atoms with Crippen LogP contribution >= 0.6 is 0 Å². The van der Waals surface area contributed by atoms with Crippen molar-refractivity contribution in [2.45, 2.75) is 25.2 Å². The SMILES string of the molecule is O=C(C[C@H](NC(=O)C(F)(F)F)c1ccccc1)NCc1ccccc1. The number of carbonyl (C=O) groups excluding carboxylic acids is 2. The third-order valence-corrected chi connectivity index (χ3v) is 3.49. The number of alkyl halides is 3. The van der Waals surface area contributed by atoms with Gasteiger partial charge in [0.2, 0.25) is 5.91 Å². The van der Waals surface area contributed by atoms with Gasteiger partial charge in [-0.25, -0.2) is 0 Å². The molecule has 2 aromatic carbocycles. The van der Waals surface area contributed by atoms with Gasteiger partial charge in [-0.05, 0) is 11.1 Å². The smallest absolute Gasteiger partial charge is 0.352 e. The molecule has 132 valence electrons. The Hall–Kier alpha value is -2.83. The lowest BCUT2D eigenvalue weighted by Gasteiger charge is -2.20. The van der Waals surface area contributed by atoms with Gasteiger partial charge in [0.05, 0.1) is 12.5 Å². The van der Waals surface area contributed by atoms with Crippen molar-refractivity contribution in [3.63, 3.8) is 0 Å². The topological polar surface area (TPSA) is 58.2 Å².